The van der Waals surface area contributed by atoms with Crippen molar-refractivity contribution in [1.29, 1.82) is 5.26 Å². The molecule has 1 aliphatic rings. The predicted molar refractivity (Wildman–Crippen MR) is 61.4 cm³/mol. The lowest BCUT2D eigenvalue weighted by atomic mass is 10.1. The van der Waals surface area contributed by atoms with Crippen LogP contribution in [0.2, 0.25) is 0 Å². The van der Waals surface area contributed by atoms with E-state index in [0.717, 1.165) is 12.1 Å². The Bertz CT molecular complexity index is 513. The number of nitriles is 1. The zero-order chi connectivity index (χ0) is 13.1. The van der Waals surface area contributed by atoms with Gasteiger partial charge in [0.25, 0.3) is 5.91 Å². The molecule has 1 aromatic carbocycles. The molecule has 0 aromatic heterocycles. The van der Waals surface area contributed by atoms with Gasteiger partial charge in [0.2, 0.25) is 0 Å². The number of hydrogen-bond acceptors (Lipinski definition) is 4. The number of piperazine rings is 1. The van der Waals surface area contributed by atoms with Crippen molar-refractivity contribution in [2.75, 3.05) is 19.6 Å². The first-order valence-electron chi connectivity index (χ1n) is 5.53. The number of nitrogens with one attached hydrogen (secondary N) is 1. The highest BCUT2D eigenvalue weighted by Gasteiger charge is 2.28. The molecule has 2 rings (SSSR count). The highest BCUT2D eigenvalue weighted by molar-refractivity contribution is 5.97. The largest absolute Gasteiger partial charge is 0.507 e. The maximum atomic E-state index is 12.8. The molecule has 94 valence electrons. The molecule has 18 heavy (non-hydrogen) atoms. The van der Waals surface area contributed by atoms with Crippen molar-refractivity contribution in [2.45, 2.75) is 6.04 Å². The molecule has 1 aliphatic heterocycles. The molecule has 1 saturated heterocycles. The number of phenolic OH excluding ortho intramolecular Hbond substituents is 1. The smallest absolute Gasteiger partial charge is 0.258 e. The van der Waals surface area contributed by atoms with E-state index >= 15 is 0 Å². The summed E-state index contributed by atoms with van der Waals surface area (Å²) in [5.41, 5.74) is 0.0125. The van der Waals surface area contributed by atoms with Gasteiger partial charge in [0.05, 0.1) is 11.6 Å². The molecule has 1 aromatic rings. The van der Waals surface area contributed by atoms with Gasteiger partial charge in [-0.1, -0.05) is 0 Å². The van der Waals surface area contributed by atoms with E-state index in [9.17, 15) is 14.3 Å². The second kappa shape index (κ2) is 5.02. The predicted octanol–water partition coefficient (Wildman–Crippen LogP) is 0.469. The molecular formula is C12H12FN3O2. The molecular weight excluding hydrogens is 237 g/mol. The number of halogens is 1. The highest BCUT2D eigenvalue weighted by Crippen LogP contribution is 2.21. The third-order valence-electron chi connectivity index (χ3n) is 2.84. The van der Waals surface area contributed by atoms with E-state index < -0.39 is 23.5 Å². The number of amides is 1. The topological polar surface area (TPSA) is 76.4 Å². The van der Waals surface area contributed by atoms with Gasteiger partial charge in [0.15, 0.2) is 0 Å². The van der Waals surface area contributed by atoms with Crippen LogP contribution in [0.1, 0.15) is 10.4 Å². The van der Waals surface area contributed by atoms with Gasteiger partial charge in [0.1, 0.15) is 17.6 Å². The third-order valence-corrected chi connectivity index (χ3v) is 2.84. The van der Waals surface area contributed by atoms with Gasteiger partial charge >= 0.3 is 0 Å². The zero-order valence-corrected chi connectivity index (χ0v) is 9.56. The van der Waals surface area contributed by atoms with Crippen molar-refractivity contribution in [3.05, 3.63) is 29.6 Å². The normalized spacial score (nSPS) is 19.3. The van der Waals surface area contributed by atoms with Crippen LogP contribution in [0.3, 0.4) is 0 Å². The van der Waals surface area contributed by atoms with E-state index in [2.05, 4.69) is 5.32 Å². The second-order valence-corrected chi connectivity index (χ2v) is 4.01. The standard InChI is InChI=1S/C12H12FN3O2/c13-8-1-2-10(11(17)5-8)12(18)16-4-3-15-7-9(16)6-14/h1-2,5,9,15,17H,3-4,7H2. The molecule has 1 amide bonds. The molecule has 0 aliphatic carbocycles. The molecule has 0 bridgehead atoms. The summed E-state index contributed by atoms with van der Waals surface area (Å²) in [6.45, 7) is 1.37. The van der Waals surface area contributed by atoms with Crippen molar-refractivity contribution < 1.29 is 14.3 Å². The van der Waals surface area contributed by atoms with E-state index in [0.29, 0.717) is 19.6 Å². The molecule has 0 saturated carbocycles. The van der Waals surface area contributed by atoms with Gasteiger partial charge < -0.3 is 15.3 Å². The van der Waals surface area contributed by atoms with Gasteiger partial charge in [-0.15, -0.1) is 0 Å². The van der Waals surface area contributed by atoms with Crippen LogP contribution in [0.5, 0.6) is 5.75 Å². The van der Waals surface area contributed by atoms with Crippen molar-refractivity contribution in [3.8, 4) is 11.8 Å². The number of benzene rings is 1. The summed E-state index contributed by atoms with van der Waals surface area (Å²) >= 11 is 0. The quantitative estimate of drug-likeness (QED) is 0.758. The Kier molecular flexibility index (Phi) is 3.44. The Morgan fingerprint density at radius 2 is 2.39 bits per heavy atom. The van der Waals surface area contributed by atoms with Gasteiger partial charge in [-0.25, -0.2) is 4.39 Å². The maximum absolute atomic E-state index is 12.8. The Morgan fingerprint density at radius 3 is 3.06 bits per heavy atom. The molecule has 5 nitrogen and oxygen atoms in total. The summed E-state index contributed by atoms with van der Waals surface area (Å²) in [7, 11) is 0. The first-order chi connectivity index (χ1) is 8.63. The summed E-state index contributed by atoms with van der Waals surface area (Å²) in [6, 6.07) is 4.67. The molecule has 0 radical (unpaired) electrons. The number of rotatable bonds is 1. The van der Waals surface area contributed by atoms with E-state index in [1.807, 2.05) is 6.07 Å². The minimum Gasteiger partial charge on any atom is -0.507 e. The molecule has 6 heteroatoms. The van der Waals surface area contributed by atoms with Gasteiger partial charge in [0, 0.05) is 25.7 Å². The SMILES string of the molecule is N#CC1CNCCN1C(=O)c1ccc(F)cc1O. The molecule has 2 N–H and O–H groups in total. The van der Waals surface area contributed by atoms with Crippen LogP contribution in [0.15, 0.2) is 18.2 Å². The van der Waals surface area contributed by atoms with Gasteiger partial charge in [-0.3, -0.25) is 4.79 Å². The molecule has 1 fully saturated rings. The van der Waals surface area contributed by atoms with Crippen LogP contribution in [0.4, 0.5) is 4.39 Å². The van der Waals surface area contributed by atoms with Gasteiger partial charge in [-0.05, 0) is 12.1 Å². The van der Waals surface area contributed by atoms with E-state index in [1.165, 1.54) is 11.0 Å². The summed E-state index contributed by atoms with van der Waals surface area (Å²) in [5, 5.41) is 21.5. The maximum Gasteiger partial charge on any atom is 0.258 e. The lowest BCUT2D eigenvalue weighted by Gasteiger charge is -2.32. The average Bonchev–Trinajstić information content (AvgIpc) is 2.38. The van der Waals surface area contributed by atoms with Crippen LogP contribution in [-0.4, -0.2) is 41.6 Å². The second-order valence-electron chi connectivity index (χ2n) is 4.01. The van der Waals surface area contributed by atoms with Crippen molar-refractivity contribution >= 4 is 5.91 Å². The van der Waals surface area contributed by atoms with Crippen LogP contribution in [-0.2, 0) is 0 Å². The molecule has 0 spiro atoms. The van der Waals surface area contributed by atoms with Crippen molar-refractivity contribution in [2.24, 2.45) is 0 Å². The number of carbonyl (C=O) groups is 1. The Balaban J connectivity index is 2.27. The minimum atomic E-state index is -0.610. The summed E-state index contributed by atoms with van der Waals surface area (Å²) in [5.74, 6) is -1.48. The van der Waals surface area contributed by atoms with Crippen LogP contribution in [0.25, 0.3) is 0 Å². The number of carbonyl (C=O) groups excluding carboxylic acids is 1. The monoisotopic (exact) mass is 249 g/mol. The minimum absolute atomic E-state index is 0.0125. The van der Waals surface area contributed by atoms with Crippen LogP contribution < -0.4 is 5.32 Å². The van der Waals surface area contributed by atoms with Gasteiger partial charge in [-0.2, -0.15) is 5.26 Å². The average molecular weight is 249 g/mol. The number of aromatic hydroxyl groups is 1. The number of phenols is 1. The van der Waals surface area contributed by atoms with Crippen molar-refractivity contribution in [1.82, 2.24) is 10.2 Å². The Labute approximate surface area is 103 Å². The van der Waals surface area contributed by atoms with E-state index in [-0.39, 0.29) is 5.56 Å². The fourth-order valence-corrected chi connectivity index (χ4v) is 1.90. The first-order valence-corrected chi connectivity index (χ1v) is 5.53. The molecule has 1 atom stereocenters. The summed E-state index contributed by atoms with van der Waals surface area (Å²) in [4.78, 5) is 13.5. The summed E-state index contributed by atoms with van der Waals surface area (Å²) < 4.78 is 12.8. The lowest BCUT2D eigenvalue weighted by molar-refractivity contribution is 0.0684. The number of hydrogen-bond donors (Lipinski definition) is 2. The fraction of sp³-hybridized carbons (Fsp3) is 0.333. The number of nitrogens with zero attached hydrogens (tertiary/aromatic N) is 2. The molecule has 1 unspecified atom stereocenters. The highest BCUT2D eigenvalue weighted by atomic mass is 19.1. The Hall–Kier alpha value is -2.13. The first kappa shape index (κ1) is 12.3. The summed E-state index contributed by atoms with van der Waals surface area (Å²) in [6.07, 6.45) is 0. The molecule has 1 heterocycles. The van der Waals surface area contributed by atoms with E-state index in [1.54, 1.807) is 0 Å². The Morgan fingerprint density at radius 1 is 1.61 bits per heavy atom. The van der Waals surface area contributed by atoms with Crippen LogP contribution in [0, 0.1) is 17.1 Å². The van der Waals surface area contributed by atoms with Crippen LogP contribution >= 0.6 is 0 Å². The van der Waals surface area contributed by atoms with Crippen molar-refractivity contribution in [3.63, 3.8) is 0 Å². The zero-order valence-electron chi connectivity index (χ0n) is 9.56. The third kappa shape index (κ3) is 2.26. The fourth-order valence-electron chi connectivity index (χ4n) is 1.90. The van der Waals surface area contributed by atoms with E-state index in [4.69, 9.17) is 5.26 Å². The lowest BCUT2D eigenvalue weighted by Crippen LogP contribution is -2.53.